The number of hydrogen-bond acceptors (Lipinski definition) is 1. The zero-order valence-electron chi connectivity index (χ0n) is 13.0. The minimum Gasteiger partial charge on any atom is -0.256 e. The van der Waals surface area contributed by atoms with Crippen molar-refractivity contribution in [1.29, 1.82) is 0 Å². The van der Waals surface area contributed by atoms with Crippen molar-refractivity contribution in [2.24, 2.45) is 0 Å². The predicted molar refractivity (Wildman–Crippen MR) is 89.5 cm³/mol. The Hall–Kier alpha value is -1.63. The average molecular weight is 279 g/mol. The Labute approximate surface area is 128 Å². The highest BCUT2D eigenvalue weighted by Crippen LogP contribution is 2.36. The van der Waals surface area contributed by atoms with Crippen LogP contribution < -0.4 is 0 Å². The predicted octanol–water partition coefficient (Wildman–Crippen LogP) is 5.88. The van der Waals surface area contributed by atoms with Gasteiger partial charge in [0.2, 0.25) is 0 Å². The van der Waals surface area contributed by atoms with Crippen molar-refractivity contribution in [1.82, 2.24) is 4.98 Å². The molecule has 0 amide bonds. The van der Waals surface area contributed by atoms with Gasteiger partial charge >= 0.3 is 0 Å². The SMILES string of the molecule is Cc1ccc(-c2ccccn2)c(C2CCCCCCC2)c1. The summed E-state index contributed by atoms with van der Waals surface area (Å²) in [6.07, 6.45) is 11.6. The van der Waals surface area contributed by atoms with E-state index >= 15 is 0 Å². The molecule has 1 heteroatoms. The standard InChI is InChI=1S/C20H25N/c1-16-12-13-18(20-11-7-8-14-21-20)19(15-16)17-9-5-3-2-4-6-10-17/h7-8,11-15,17H,2-6,9-10H2,1H3. The van der Waals surface area contributed by atoms with Gasteiger partial charge in [0.05, 0.1) is 5.69 Å². The number of aromatic nitrogens is 1. The van der Waals surface area contributed by atoms with Crippen LogP contribution in [0.2, 0.25) is 0 Å². The van der Waals surface area contributed by atoms with Crippen LogP contribution in [0.3, 0.4) is 0 Å². The number of hydrogen-bond donors (Lipinski definition) is 0. The maximum absolute atomic E-state index is 4.58. The minimum atomic E-state index is 0.710. The van der Waals surface area contributed by atoms with Gasteiger partial charge in [-0.1, -0.05) is 61.9 Å². The van der Waals surface area contributed by atoms with Gasteiger partial charge in [0.15, 0.2) is 0 Å². The second kappa shape index (κ2) is 6.89. The molecule has 0 unspecified atom stereocenters. The molecule has 0 radical (unpaired) electrons. The molecule has 0 N–H and O–H groups in total. The molecular weight excluding hydrogens is 254 g/mol. The average Bonchev–Trinajstić information content (AvgIpc) is 2.48. The zero-order chi connectivity index (χ0) is 14.5. The van der Waals surface area contributed by atoms with Crippen molar-refractivity contribution in [3.05, 3.63) is 53.7 Å². The summed E-state index contributed by atoms with van der Waals surface area (Å²) < 4.78 is 0. The highest BCUT2D eigenvalue weighted by Gasteiger charge is 2.18. The van der Waals surface area contributed by atoms with E-state index in [1.165, 1.54) is 61.6 Å². The fraction of sp³-hybridized carbons (Fsp3) is 0.450. The molecule has 0 spiro atoms. The van der Waals surface area contributed by atoms with Crippen molar-refractivity contribution in [2.75, 3.05) is 0 Å². The molecule has 1 aliphatic rings. The van der Waals surface area contributed by atoms with Gasteiger partial charge in [-0.25, -0.2) is 0 Å². The van der Waals surface area contributed by atoms with E-state index in [4.69, 9.17) is 0 Å². The highest BCUT2D eigenvalue weighted by atomic mass is 14.7. The number of nitrogens with zero attached hydrogens (tertiary/aromatic N) is 1. The smallest absolute Gasteiger partial charge is 0.0704 e. The maximum atomic E-state index is 4.58. The summed E-state index contributed by atoms with van der Waals surface area (Å²) in [4.78, 5) is 4.58. The Morgan fingerprint density at radius 1 is 0.905 bits per heavy atom. The van der Waals surface area contributed by atoms with Crippen molar-refractivity contribution in [3.8, 4) is 11.3 Å². The van der Waals surface area contributed by atoms with Crippen LogP contribution in [0, 0.1) is 6.92 Å². The van der Waals surface area contributed by atoms with E-state index in [0.717, 1.165) is 5.69 Å². The van der Waals surface area contributed by atoms with Gasteiger partial charge in [0.1, 0.15) is 0 Å². The van der Waals surface area contributed by atoms with Gasteiger partial charge in [-0.15, -0.1) is 0 Å². The first kappa shape index (κ1) is 14.3. The second-order valence-electron chi connectivity index (χ2n) is 6.35. The molecule has 0 atom stereocenters. The molecule has 110 valence electrons. The van der Waals surface area contributed by atoms with Crippen LogP contribution in [0.15, 0.2) is 42.6 Å². The van der Waals surface area contributed by atoms with E-state index in [1.807, 2.05) is 12.3 Å². The third kappa shape index (κ3) is 3.53. The summed E-state index contributed by atoms with van der Waals surface area (Å²) in [6, 6.07) is 13.1. The molecule has 0 saturated heterocycles. The second-order valence-corrected chi connectivity index (χ2v) is 6.35. The van der Waals surface area contributed by atoms with Crippen LogP contribution in [0.25, 0.3) is 11.3 Å². The van der Waals surface area contributed by atoms with Crippen LogP contribution in [0.5, 0.6) is 0 Å². The molecule has 3 rings (SSSR count). The highest BCUT2D eigenvalue weighted by molar-refractivity contribution is 5.65. The Morgan fingerprint density at radius 3 is 2.38 bits per heavy atom. The molecule has 1 aromatic heterocycles. The molecule has 1 aliphatic carbocycles. The van der Waals surface area contributed by atoms with Gasteiger partial charge in [0.25, 0.3) is 0 Å². The minimum absolute atomic E-state index is 0.710. The number of rotatable bonds is 2. The maximum Gasteiger partial charge on any atom is 0.0704 e. The fourth-order valence-corrected chi connectivity index (χ4v) is 3.54. The molecule has 1 aromatic carbocycles. The van der Waals surface area contributed by atoms with Crippen LogP contribution >= 0.6 is 0 Å². The first-order valence-corrected chi connectivity index (χ1v) is 8.36. The Bertz CT molecular complexity index is 566. The Kier molecular flexibility index (Phi) is 4.69. The van der Waals surface area contributed by atoms with Crippen LogP contribution in [-0.4, -0.2) is 4.98 Å². The third-order valence-electron chi connectivity index (χ3n) is 4.69. The lowest BCUT2D eigenvalue weighted by molar-refractivity contribution is 0.456. The quantitative estimate of drug-likeness (QED) is 0.668. The summed E-state index contributed by atoms with van der Waals surface area (Å²) in [5.41, 5.74) is 5.35. The van der Waals surface area contributed by atoms with Crippen molar-refractivity contribution >= 4 is 0 Å². The third-order valence-corrected chi connectivity index (χ3v) is 4.69. The Morgan fingerprint density at radius 2 is 1.67 bits per heavy atom. The molecule has 21 heavy (non-hydrogen) atoms. The van der Waals surface area contributed by atoms with Gasteiger partial charge < -0.3 is 0 Å². The summed E-state index contributed by atoms with van der Waals surface area (Å²) in [5.74, 6) is 0.710. The lowest BCUT2D eigenvalue weighted by Gasteiger charge is -2.23. The van der Waals surface area contributed by atoms with E-state index in [0.29, 0.717) is 5.92 Å². The van der Waals surface area contributed by atoms with E-state index in [1.54, 1.807) is 0 Å². The molecule has 1 fully saturated rings. The molecule has 1 heterocycles. The van der Waals surface area contributed by atoms with Crippen LogP contribution in [0.4, 0.5) is 0 Å². The molecule has 0 aliphatic heterocycles. The van der Waals surface area contributed by atoms with Crippen molar-refractivity contribution < 1.29 is 0 Å². The number of pyridine rings is 1. The summed E-state index contributed by atoms with van der Waals surface area (Å²) in [6.45, 7) is 2.20. The van der Waals surface area contributed by atoms with E-state index in [9.17, 15) is 0 Å². The van der Waals surface area contributed by atoms with Crippen LogP contribution in [-0.2, 0) is 0 Å². The summed E-state index contributed by atoms with van der Waals surface area (Å²) in [7, 11) is 0. The summed E-state index contributed by atoms with van der Waals surface area (Å²) >= 11 is 0. The topological polar surface area (TPSA) is 12.9 Å². The van der Waals surface area contributed by atoms with Crippen molar-refractivity contribution in [2.45, 2.75) is 57.8 Å². The lowest BCUT2D eigenvalue weighted by Crippen LogP contribution is -2.05. The van der Waals surface area contributed by atoms with E-state index in [2.05, 4.69) is 42.2 Å². The molecule has 2 aromatic rings. The van der Waals surface area contributed by atoms with Gasteiger partial charge in [-0.05, 0) is 43.4 Å². The largest absolute Gasteiger partial charge is 0.256 e. The van der Waals surface area contributed by atoms with Crippen molar-refractivity contribution in [3.63, 3.8) is 0 Å². The summed E-state index contributed by atoms with van der Waals surface area (Å²) in [5, 5.41) is 0. The molecule has 1 nitrogen and oxygen atoms in total. The molecule has 1 saturated carbocycles. The zero-order valence-corrected chi connectivity index (χ0v) is 13.0. The Balaban J connectivity index is 1.97. The van der Waals surface area contributed by atoms with E-state index < -0.39 is 0 Å². The first-order valence-electron chi connectivity index (χ1n) is 8.36. The number of aryl methyl sites for hydroxylation is 1. The lowest BCUT2D eigenvalue weighted by atomic mass is 9.82. The molecular formula is C20H25N. The first-order chi connectivity index (χ1) is 10.3. The van der Waals surface area contributed by atoms with Gasteiger partial charge in [0, 0.05) is 11.8 Å². The van der Waals surface area contributed by atoms with Gasteiger partial charge in [-0.2, -0.15) is 0 Å². The van der Waals surface area contributed by atoms with E-state index in [-0.39, 0.29) is 0 Å². The normalized spacial score (nSPS) is 17.2. The van der Waals surface area contributed by atoms with Gasteiger partial charge in [-0.3, -0.25) is 4.98 Å². The van der Waals surface area contributed by atoms with Crippen LogP contribution in [0.1, 0.15) is 62.0 Å². The monoisotopic (exact) mass is 279 g/mol. The molecule has 0 bridgehead atoms. The number of benzene rings is 1. The fourth-order valence-electron chi connectivity index (χ4n) is 3.54.